The smallest absolute Gasteiger partial charge is 0.0385 e. The molecule has 0 saturated carbocycles. The molecule has 2 aromatic rings. The van der Waals surface area contributed by atoms with Crippen LogP contribution in [0.4, 0.5) is 17.1 Å². The molecule has 0 bridgehead atoms. The fourth-order valence-electron chi connectivity index (χ4n) is 1.56. The summed E-state index contributed by atoms with van der Waals surface area (Å²) in [4.78, 5) is 0. The summed E-state index contributed by atoms with van der Waals surface area (Å²) in [7, 11) is 0. The number of hydrogen-bond acceptors (Lipinski definition) is 2. The molecule has 3 N–H and O–H groups in total. The summed E-state index contributed by atoms with van der Waals surface area (Å²) in [6.45, 7) is 2.16. The number of rotatable bonds is 3. The van der Waals surface area contributed by atoms with Crippen molar-refractivity contribution in [1.29, 1.82) is 0 Å². The standard InChI is InChI=1S/C14H16N2/c1-2-11-3-7-13(8-4-11)16-14-9-5-12(15)6-10-14/h3-10,16H,2,15H2,1H3. The van der Waals surface area contributed by atoms with Gasteiger partial charge < -0.3 is 11.1 Å². The van der Waals surface area contributed by atoms with Crippen LogP contribution in [0, 0.1) is 0 Å². The second-order valence-electron chi connectivity index (χ2n) is 3.80. The molecule has 0 spiro atoms. The van der Waals surface area contributed by atoms with E-state index in [-0.39, 0.29) is 0 Å². The predicted octanol–water partition coefficient (Wildman–Crippen LogP) is 3.57. The number of nitrogens with two attached hydrogens (primary N) is 1. The highest BCUT2D eigenvalue weighted by Gasteiger charge is 1.94. The lowest BCUT2D eigenvalue weighted by atomic mass is 10.1. The molecule has 0 amide bonds. The van der Waals surface area contributed by atoms with Crippen LogP contribution in [-0.2, 0) is 6.42 Å². The van der Waals surface area contributed by atoms with Gasteiger partial charge in [0.25, 0.3) is 0 Å². The van der Waals surface area contributed by atoms with Gasteiger partial charge in [0, 0.05) is 17.1 Å². The average Bonchev–Trinajstić information content (AvgIpc) is 2.33. The van der Waals surface area contributed by atoms with E-state index in [1.807, 2.05) is 24.3 Å². The molecule has 0 unspecified atom stereocenters. The summed E-state index contributed by atoms with van der Waals surface area (Å²) in [6.07, 6.45) is 1.07. The molecule has 16 heavy (non-hydrogen) atoms. The monoisotopic (exact) mass is 212 g/mol. The van der Waals surface area contributed by atoms with E-state index in [2.05, 4.69) is 36.5 Å². The molecule has 2 nitrogen and oxygen atoms in total. The van der Waals surface area contributed by atoms with Crippen LogP contribution in [0.5, 0.6) is 0 Å². The Bertz CT molecular complexity index is 443. The Morgan fingerprint density at radius 2 is 1.38 bits per heavy atom. The van der Waals surface area contributed by atoms with Crippen molar-refractivity contribution in [3.05, 3.63) is 54.1 Å². The maximum atomic E-state index is 5.63. The van der Waals surface area contributed by atoms with Crippen LogP contribution >= 0.6 is 0 Å². The highest BCUT2D eigenvalue weighted by molar-refractivity contribution is 5.61. The molecule has 0 atom stereocenters. The van der Waals surface area contributed by atoms with Crippen molar-refractivity contribution < 1.29 is 0 Å². The van der Waals surface area contributed by atoms with Crippen molar-refractivity contribution in [1.82, 2.24) is 0 Å². The Balaban J connectivity index is 2.11. The predicted molar refractivity (Wildman–Crippen MR) is 70.0 cm³/mol. The topological polar surface area (TPSA) is 38.0 Å². The van der Waals surface area contributed by atoms with Gasteiger partial charge in [-0.25, -0.2) is 0 Å². The zero-order valence-corrected chi connectivity index (χ0v) is 9.40. The maximum absolute atomic E-state index is 5.63. The molecular weight excluding hydrogens is 196 g/mol. The van der Waals surface area contributed by atoms with Gasteiger partial charge in [-0.1, -0.05) is 19.1 Å². The number of nitrogen functional groups attached to an aromatic ring is 1. The van der Waals surface area contributed by atoms with Crippen molar-refractivity contribution in [2.75, 3.05) is 11.1 Å². The van der Waals surface area contributed by atoms with Crippen LogP contribution in [0.25, 0.3) is 0 Å². The largest absolute Gasteiger partial charge is 0.399 e. The fourth-order valence-corrected chi connectivity index (χ4v) is 1.56. The molecule has 0 aromatic heterocycles. The van der Waals surface area contributed by atoms with E-state index in [0.717, 1.165) is 23.5 Å². The van der Waals surface area contributed by atoms with Crippen LogP contribution in [0.2, 0.25) is 0 Å². The summed E-state index contributed by atoms with van der Waals surface area (Å²) in [5.74, 6) is 0. The number of anilines is 3. The minimum absolute atomic E-state index is 0.784. The van der Waals surface area contributed by atoms with E-state index in [1.54, 1.807) is 0 Å². The van der Waals surface area contributed by atoms with E-state index >= 15 is 0 Å². The number of nitrogens with one attached hydrogen (secondary N) is 1. The molecule has 2 heteroatoms. The second-order valence-corrected chi connectivity index (χ2v) is 3.80. The molecule has 2 rings (SSSR count). The molecule has 0 heterocycles. The van der Waals surface area contributed by atoms with Gasteiger partial charge >= 0.3 is 0 Å². The summed E-state index contributed by atoms with van der Waals surface area (Å²) in [5.41, 5.74) is 9.92. The number of benzene rings is 2. The summed E-state index contributed by atoms with van der Waals surface area (Å²) < 4.78 is 0. The third-order valence-electron chi connectivity index (χ3n) is 2.56. The van der Waals surface area contributed by atoms with E-state index in [9.17, 15) is 0 Å². The van der Waals surface area contributed by atoms with Crippen molar-refractivity contribution in [3.63, 3.8) is 0 Å². The minimum atomic E-state index is 0.784. The molecule has 0 fully saturated rings. The maximum Gasteiger partial charge on any atom is 0.0385 e. The summed E-state index contributed by atoms with van der Waals surface area (Å²) in [5, 5.41) is 3.33. The van der Waals surface area contributed by atoms with Gasteiger partial charge in [-0.3, -0.25) is 0 Å². The van der Waals surface area contributed by atoms with Crippen molar-refractivity contribution in [2.24, 2.45) is 0 Å². The van der Waals surface area contributed by atoms with Crippen molar-refractivity contribution in [2.45, 2.75) is 13.3 Å². The van der Waals surface area contributed by atoms with Crippen molar-refractivity contribution in [3.8, 4) is 0 Å². The average molecular weight is 212 g/mol. The fraction of sp³-hybridized carbons (Fsp3) is 0.143. The highest BCUT2D eigenvalue weighted by Crippen LogP contribution is 2.18. The van der Waals surface area contributed by atoms with Crippen LogP contribution < -0.4 is 11.1 Å². The molecule has 0 aliphatic carbocycles. The molecule has 0 radical (unpaired) electrons. The first-order valence-electron chi connectivity index (χ1n) is 5.49. The van der Waals surface area contributed by atoms with Crippen LogP contribution in [0.15, 0.2) is 48.5 Å². The lowest BCUT2D eigenvalue weighted by Crippen LogP contribution is -1.91. The molecular formula is C14H16N2. The van der Waals surface area contributed by atoms with Gasteiger partial charge in [0.1, 0.15) is 0 Å². The van der Waals surface area contributed by atoms with Gasteiger partial charge in [-0.05, 0) is 48.4 Å². The molecule has 0 aliphatic rings. The zero-order valence-electron chi connectivity index (χ0n) is 9.40. The molecule has 0 saturated heterocycles. The lowest BCUT2D eigenvalue weighted by molar-refractivity contribution is 1.14. The quantitative estimate of drug-likeness (QED) is 0.763. The normalized spacial score (nSPS) is 10.1. The van der Waals surface area contributed by atoms with Gasteiger partial charge in [0.05, 0.1) is 0 Å². The van der Waals surface area contributed by atoms with Crippen LogP contribution in [0.1, 0.15) is 12.5 Å². The molecule has 2 aromatic carbocycles. The zero-order chi connectivity index (χ0) is 11.4. The Labute approximate surface area is 96.1 Å². The second kappa shape index (κ2) is 4.71. The first-order chi connectivity index (χ1) is 7.78. The third kappa shape index (κ3) is 2.54. The Hall–Kier alpha value is -1.96. The van der Waals surface area contributed by atoms with Gasteiger partial charge in [0.15, 0.2) is 0 Å². The highest BCUT2D eigenvalue weighted by atomic mass is 14.9. The third-order valence-corrected chi connectivity index (χ3v) is 2.56. The number of aryl methyl sites for hydroxylation is 1. The summed E-state index contributed by atoms with van der Waals surface area (Å²) >= 11 is 0. The van der Waals surface area contributed by atoms with Gasteiger partial charge in [0.2, 0.25) is 0 Å². The SMILES string of the molecule is CCc1ccc(Nc2ccc(N)cc2)cc1. The van der Waals surface area contributed by atoms with E-state index in [4.69, 9.17) is 5.73 Å². The summed E-state index contributed by atoms with van der Waals surface area (Å²) in [6, 6.07) is 16.2. The Kier molecular flexibility index (Phi) is 3.10. The van der Waals surface area contributed by atoms with Gasteiger partial charge in [-0.2, -0.15) is 0 Å². The Morgan fingerprint density at radius 3 is 1.88 bits per heavy atom. The van der Waals surface area contributed by atoms with Gasteiger partial charge in [-0.15, -0.1) is 0 Å². The van der Waals surface area contributed by atoms with E-state index in [0.29, 0.717) is 0 Å². The lowest BCUT2D eigenvalue weighted by Gasteiger charge is -2.07. The molecule has 82 valence electrons. The van der Waals surface area contributed by atoms with E-state index in [1.165, 1.54) is 5.56 Å². The Morgan fingerprint density at radius 1 is 0.875 bits per heavy atom. The number of hydrogen-bond donors (Lipinski definition) is 2. The van der Waals surface area contributed by atoms with E-state index < -0.39 is 0 Å². The first kappa shape index (κ1) is 10.6. The van der Waals surface area contributed by atoms with Crippen LogP contribution in [-0.4, -0.2) is 0 Å². The molecule has 0 aliphatic heterocycles. The van der Waals surface area contributed by atoms with Crippen molar-refractivity contribution >= 4 is 17.1 Å². The van der Waals surface area contributed by atoms with Crippen LogP contribution in [0.3, 0.4) is 0 Å². The first-order valence-corrected chi connectivity index (χ1v) is 5.49. The minimum Gasteiger partial charge on any atom is -0.399 e.